The maximum absolute atomic E-state index is 12.1. The third-order valence-corrected chi connectivity index (χ3v) is 4.09. The summed E-state index contributed by atoms with van der Waals surface area (Å²) in [4.78, 5) is 16.2. The van der Waals surface area contributed by atoms with Gasteiger partial charge in [-0.3, -0.25) is 0 Å². The van der Waals surface area contributed by atoms with E-state index in [1.165, 1.54) is 6.42 Å². The van der Waals surface area contributed by atoms with Crippen molar-refractivity contribution in [1.29, 1.82) is 0 Å². The second-order valence-corrected chi connectivity index (χ2v) is 5.98. The van der Waals surface area contributed by atoms with Crippen molar-refractivity contribution in [2.75, 3.05) is 0 Å². The molecule has 1 aromatic heterocycles. The Morgan fingerprint density at radius 2 is 2.16 bits per heavy atom. The van der Waals surface area contributed by atoms with Gasteiger partial charge in [-0.2, -0.15) is 0 Å². The van der Waals surface area contributed by atoms with Crippen molar-refractivity contribution in [3.63, 3.8) is 0 Å². The molecule has 3 atom stereocenters. The van der Waals surface area contributed by atoms with Crippen molar-refractivity contribution in [3.05, 3.63) is 30.1 Å². The molecule has 1 heterocycles. The number of ether oxygens (including phenoxy) is 1. The third-order valence-electron chi connectivity index (χ3n) is 4.09. The van der Waals surface area contributed by atoms with Gasteiger partial charge in [0.25, 0.3) is 0 Å². The Balaban J connectivity index is 2.04. The minimum Gasteiger partial charge on any atom is -0.457 e. The van der Waals surface area contributed by atoms with Crippen LogP contribution in [0.4, 0.5) is 0 Å². The van der Waals surface area contributed by atoms with Crippen molar-refractivity contribution in [3.8, 4) is 0 Å². The van der Waals surface area contributed by atoms with Gasteiger partial charge in [-0.15, -0.1) is 0 Å². The van der Waals surface area contributed by atoms with E-state index >= 15 is 0 Å². The number of nitrogens with zero attached hydrogens (tertiary/aromatic N) is 1. The van der Waals surface area contributed by atoms with Gasteiger partial charge >= 0.3 is 5.97 Å². The minimum atomic E-state index is -0.287. The molecule has 1 aromatic rings. The molecular formula is C16H23NO2. The van der Waals surface area contributed by atoms with Crippen LogP contribution in [0.25, 0.3) is 0 Å². The van der Waals surface area contributed by atoms with Crippen molar-refractivity contribution in [2.45, 2.75) is 46.1 Å². The van der Waals surface area contributed by atoms with Crippen LogP contribution in [0.2, 0.25) is 0 Å². The largest absolute Gasteiger partial charge is 0.457 e. The van der Waals surface area contributed by atoms with Gasteiger partial charge in [0.2, 0.25) is 0 Å². The smallest absolute Gasteiger partial charge is 0.357 e. The zero-order chi connectivity index (χ0) is 13.8. The van der Waals surface area contributed by atoms with Crippen LogP contribution in [0.5, 0.6) is 0 Å². The molecule has 0 aliphatic heterocycles. The highest BCUT2D eigenvalue weighted by molar-refractivity contribution is 5.87. The van der Waals surface area contributed by atoms with E-state index in [1.54, 1.807) is 18.3 Å². The van der Waals surface area contributed by atoms with E-state index in [-0.39, 0.29) is 12.1 Å². The fourth-order valence-electron chi connectivity index (χ4n) is 2.93. The van der Waals surface area contributed by atoms with Crippen LogP contribution in [0.15, 0.2) is 24.4 Å². The maximum atomic E-state index is 12.1. The predicted octanol–water partition coefficient (Wildman–Crippen LogP) is 3.70. The fraction of sp³-hybridized carbons (Fsp3) is 0.625. The molecule has 0 spiro atoms. The van der Waals surface area contributed by atoms with Gasteiger partial charge < -0.3 is 4.74 Å². The topological polar surface area (TPSA) is 39.2 Å². The first-order valence-corrected chi connectivity index (χ1v) is 7.20. The molecule has 3 nitrogen and oxygen atoms in total. The molecule has 0 aromatic carbocycles. The van der Waals surface area contributed by atoms with Gasteiger partial charge in [0.05, 0.1) is 0 Å². The van der Waals surface area contributed by atoms with Gasteiger partial charge in [0, 0.05) is 6.20 Å². The van der Waals surface area contributed by atoms with Crippen molar-refractivity contribution in [1.82, 2.24) is 4.98 Å². The number of carbonyl (C=O) groups excluding carboxylic acids is 1. The second kappa shape index (κ2) is 6.18. The highest BCUT2D eigenvalue weighted by atomic mass is 16.5. The molecule has 1 aliphatic carbocycles. The second-order valence-electron chi connectivity index (χ2n) is 5.98. The van der Waals surface area contributed by atoms with Crippen LogP contribution >= 0.6 is 0 Å². The quantitative estimate of drug-likeness (QED) is 0.779. The van der Waals surface area contributed by atoms with Crippen LogP contribution in [0, 0.1) is 17.8 Å². The Labute approximate surface area is 115 Å². The van der Waals surface area contributed by atoms with Crippen LogP contribution in [-0.2, 0) is 4.74 Å². The normalized spacial score (nSPS) is 27.3. The van der Waals surface area contributed by atoms with Crippen LogP contribution < -0.4 is 0 Å². The Morgan fingerprint density at radius 3 is 2.79 bits per heavy atom. The molecule has 0 N–H and O–H groups in total. The predicted molar refractivity (Wildman–Crippen MR) is 74.8 cm³/mol. The SMILES string of the molecule is CC(C)[C@@H]1CC[C@@H](C)C[C@@H]1OC(=O)c1ccccn1. The molecule has 0 amide bonds. The first-order chi connectivity index (χ1) is 9.08. The number of pyridine rings is 1. The summed E-state index contributed by atoms with van der Waals surface area (Å²) >= 11 is 0. The lowest BCUT2D eigenvalue weighted by atomic mass is 9.75. The number of rotatable bonds is 3. The number of hydrogen-bond donors (Lipinski definition) is 0. The lowest BCUT2D eigenvalue weighted by molar-refractivity contribution is -0.0179. The van der Waals surface area contributed by atoms with E-state index in [2.05, 4.69) is 25.8 Å². The molecule has 0 unspecified atom stereocenters. The number of hydrogen-bond acceptors (Lipinski definition) is 3. The molecule has 0 bridgehead atoms. The molecule has 104 valence electrons. The summed E-state index contributed by atoms with van der Waals surface area (Å²) in [6.45, 7) is 6.66. The summed E-state index contributed by atoms with van der Waals surface area (Å²) in [5, 5.41) is 0. The van der Waals surface area contributed by atoms with Crippen molar-refractivity contribution >= 4 is 5.97 Å². The Hall–Kier alpha value is -1.38. The zero-order valence-electron chi connectivity index (χ0n) is 12.0. The third kappa shape index (κ3) is 3.55. The average Bonchev–Trinajstić information content (AvgIpc) is 2.39. The van der Waals surface area contributed by atoms with Gasteiger partial charge in [-0.25, -0.2) is 9.78 Å². The first-order valence-electron chi connectivity index (χ1n) is 7.20. The van der Waals surface area contributed by atoms with Crippen LogP contribution in [0.1, 0.15) is 50.5 Å². The fourth-order valence-corrected chi connectivity index (χ4v) is 2.93. The molecule has 0 saturated heterocycles. The molecule has 2 rings (SSSR count). The summed E-state index contributed by atoms with van der Waals surface area (Å²) in [5.41, 5.74) is 0.406. The van der Waals surface area contributed by atoms with Crippen LogP contribution in [0.3, 0.4) is 0 Å². The number of carbonyl (C=O) groups is 1. The highest BCUT2D eigenvalue weighted by Crippen LogP contribution is 2.35. The monoisotopic (exact) mass is 261 g/mol. The van der Waals surface area contributed by atoms with Crippen LogP contribution in [-0.4, -0.2) is 17.1 Å². The molecule has 0 radical (unpaired) electrons. The Bertz CT molecular complexity index is 416. The molecule has 1 saturated carbocycles. The molecule has 1 fully saturated rings. The van der Waals surface area contributed by atoms with E-state index in [1.807, 2.05) is 6.07 Å². The van der Waals surface area contributed by atoms with E-state index in [0.717, 1.165) is 12.8 Å². The lowest BCUT2D eigenvalue weighted by Crippen LogP contribution is -2.36. The molecule has 3 heteroatoms. The summed E-state index contributed by atoms with van der Waals surface area (Å²) in [6, 6.07) is 5.32. The van der Waals surface area contributed by atoms with E-state index < -0.39 is 0 Å². The van der Waals surface area contributed by atoms with E-state index in [9.17, 15) is 4.79 Å². The molecular weight excluding hydrogens is 238 g/mol. The van der Waals surface area contributed by atoms with E-state index in [4.69, 9.17) is 4.74 Å². The average molecular weight is 261 g/mol. The highest BCUT2D eigenvalue weighted by Gasteiger charge is 2.33. The van der Waals surface area contributed by atoms with E-state index in [0.29, 0.717) is 23.4 Å². The van der Waals surface area contributed by atoms with Gasteiger partial charge in [0.1, 0.15) is 11.8 Å². The Morgan fingerprint density at radius 1 is 1.37 bits per heavy atom. The number of esters is 1. The van der Waals surface area contributed by atoms with Gasteiger partial charge in [-0.05, 0) is 42.7 Å². The zero-order valence-corrected chi connectivity index (χ0v) is 12.0. The first kappa shape index (κ1) is 14.0. The number of aromatic nitrogens is 1. The standard InChI is InChI=1S/C16H23NO2/c1-11(2)13-8-7-12(3)10-15(13)19-16(18)14-6-4-5-9-17-14/h4-6,9,11-13,15H,7-8,10H2,1-3H3/t12-,13+,15+/m1/s1. The molecule has 1 aliphatic rings. The van der Waals surface area contributed by atoms with Crippen molar-refractivity contribution in [2.24, 2.45) is 17.8 Å². The van der Waals surface area contributed by atoms with Gasteiger partial charge in [0.15, 0.2) is 0 Å². The lowest BCUT2D eigenvalue weighted by Gasteiger charge is -2.36. The summed E-state index contributed by atoms with van der Waals surface area (Å²) < 4.78 is 5.72. The minimum absolute atomic E-state index is 0.0401. The van der Waals surface area contributed by atoms with Gasteiger partial charge in [-0.1, -0.05) is 33.3 Å². The maximum Gasteiger partial charge on any atom is 0.357 e. The summed E-state index contributed by atoms with van der Waals surface area (Å²) in [6.07, 6.45) is 5.03. The Kier molecular flexibility index (Phi) is 4.56. The van der Waals surface area contributed by atoms with Crippen molar-refractivity contribution < 1.29 is 9.53 Å². The summed E-state index contributed by atoms with van der Waals surface area (Å²) in [7, 11) is 0. The summed E-state index contributed by atoms with van der Waals surface area (Å²) in [5.74, 6) is 1.37. The molecule has 19 heavy (non-hydrogen) atoms.